The molecule has 1 aliphatic heterocycles. The summed E-state index contributed by atoms with van der Waals surface area (Å²) in [5.74, 6) is 1.14. The molecule has 150 valence electrons. The Morgan fingerprint density at radius 2 is 1.82 bits per heavy atom. The quantitative estimate of drug-likeness (QED) is 0.750. The summed E-state index contributed by atoms with van der Waals surface area (Å²) in [6, 6.07) is 11.8. The van der Waals surface area contributed by atoms with Crippen LogP contribution < -0.4 is 14.2 Å². The molecule has 6 nitrogen and oxygen atoms in total. The lowest BCUT2D eigenvalue weighted by atomic mass is 9.98. The average molecular weight is 385 g/mol. The molecule has 0 aliphatic carbocycles. The number of carboxylic acids is 1. The third-order valence-corrected chi connectivity index (χ3v) is 5.29. The highest BCUT2D eigenvalue weighted by molar-refractivity contribution is 5.93. The normalized spacial score (nSPS) is 16.8. The molecular weight excluding hydrogens is 358 g/mol. The molecule has 28 heavy (non-hydrogen) atoms. The lowest BCUT2D eigenvalue weighted by Crippen LogP contribution is -2.22. The molecule has 6 heteroatoms. The Balaban J connectivity index is 1.68. The molecule has 1 aliphatic rings. The van der Waals surface area contributed by atoms with Gasteiger partial charge in [0.05, 0.1) is 21.3 Å². The van der Waals surface area contributed by atoms with E-state index in [2.05, 4.69) is 17.0 Å². The van der Waals surface area contributed by atoms with E-state index in [1.165, 1.54) is 19.8 Å². The summed E-state index contributed by atoms with van der Waals surface area (Å²) in [5, 5.41) is 9.70. The van der Waals surface area contributed by atoms with Gasteiger partial charge < -0.3 is 19.3 Å². The highest BCUT2D eigenvalue weighted by Crippen LogP contribution is 2.35. The van der Waals surface area contributed by atoms with Gasteiger partial charge in [0.2, 0.25) is 0 Å². The van der Waals surface area contributed by atoms with Crippen LogP contribution in [0.25, 0.3) is 0 Å². The molecule has 0 aromatic heterocycles. The second-order valence-electron chi connectivity index (χ2n) is 7.08. The molecule has 0 saturated carbocycles. The van der Waals surface area contributed by atoms with Crippen LogP contribution in [0.2, 0.25) is 0 Å². The SMILES string of the molecule is COc1ccc(CC2CCN(Cc3ccc(OC)c(OC)c3C(=O)O)C2)cc1. The van der Waals surface area contributed by atoms with Crippen LogP contribution in [-0.4, -0.2) is 50.4 Å². The van der Waals surface area contributed by atoms with Crippen molar-refractivity contribution in [2.45, 2.75) is 19.4 Å². The number of hydrogen-bond donors (Lipinski definition) is 1. The van der Waals surface area contributed by atoms with Gasteiger partial charge in [0.15, 0.2) is 11.5 Å². The Labute approximate surface area is 165 Å². The van der Waals surface area contributed by atoms with Crippen LogP contribution in [0, 0.1) is 5.92 Å². The maximum atomic E-state index is 11.8. The molecule has 1 fully saturated rings. The van der Waals surface area contributed by atoms with E-state index in [9.17, 15) is 9.90 Å². The smallest absolute Gasteiger partial charge is 0.339 e. The largest absolute Gasteiger partial charge is 0.497 e. The number of hydrogen-bond acceptors (Lipinski definition) is 5. The van der Waals surface area contributed by atoms with Crippen LogP contribution in [0.5, 0.6) is 17.2 Å². The van der Waals surface area contributed by atoms with Crippen molar-refractivity contribution in [3.8, 4) is 17.2 Å². The first-order valence-corrected chi connectivity index (χ1v) is 9.38. The first-order valence-electron chi connectivity index (χ1n) is 9.38. The first-order chi connectivity index (χ1) is 13.5. The van der Waals surface area contributed by atoms with Crippen LogP contribution >= 0.6 is 0 Å². The van der Waals surface area contributed by atoms with E-state index in [0.29, 0.717) is 18.2 Å². The molecular formula is C22H27NO5. The predicted molar refractivity (Wildman–Crippen MR) is 107 cm³/mol. The van der Waals surface area contributed by atoms with Gasteiger partial charge in [-0.05, 0) is 54.6 Å². The van der Waals surface area contributed by atoms with Crippen molar-refractivity contribution in [3.05, 3.63) is 53.1 Å². The molecule has 0 amide bonds. The van der Waals surface area contributed by atoms with E-state index in [1.54, 1.807) is 13.2 Å². The summed E-state index contributed by atoms with van der Waals surface area (Å²) in [6.07, 6.45) is 2.11. The van der Waals surface area contributed by atoms with Gasteiger partial charge in [-0.25, -0.2) is 4.79 Å². The molecule has 3 rings (SSSR count). The van der Waals surface area contributed by atoms with E-state index < -0.39 is 5.97 Å². The number of carbonyl (C=O) groups is 1. The predicted octanol–water partition coefficient (Wildman–Crippen LogP) is 3.48. The van der Waals surface area contributed by atoms with Crippen molar-refractivity contribution in [1.29, 1.82) is 0 Å². The van der Waals surface area contributed by atoms with E-state index in [1.807, 2.05) is 18.2 Å². The number of methoxy groups -OCH3 is 3. The van der Waals surface area contributed by atoms with Gasteiger partial charge in [0.25, 0.3) is 0 Å². The molecule has 1 atom stereocenters. The Morgan fingerprint density at radius 3 is 2.43 bits per heavy atom. The zero-order valence-corrected chi connectivity index (χ0v) is 16.6. The Bertz CT molecular complexity index is 818. The lowest BCUT2D eigenvalue weighted by molar-refractivity contribution is 0.0690. The minimum Gasteiger partial charge on any atom is -0.497 e. The minimum absolute atomic E-state index is 0.181. The fourth-order valence-electron chi connectivity index (χ4n) is 3.89. The van der Waals surface area contributed by atoms with Gasteiger partial charge in [-0.3, -0.25) is 4.90 Å². The van der Waals surface area contributed by atoms with Crippen LogP contribution in [-0.2, 0) is 13.0 Å². The number of ether oxygens (including phenoxy) is 3. The number of nitrogens with zero attached hydrogens (tertiary/aromatic N) is 1. The first kappa shape index (κ1) is 20.0. The summed E-state index contributed by atoms with van der Waals surface area (Å²) in [6.45, 7) is 2.48. The molecule has 1 saturated heterocycles. The summed E-state index contributed by atoms with van der Waals surface area (Å²) in [5.41, 5.74) is 2.22. The fraction of sp³-hybridized carbons (Fsp3) is 0.409. The summed E-state index contributed by atoms with van der Waals surface area (Å²) >= 11 is 0. The maximum Gasteiger partial charge on any atom is 0.339 e. The lowest BCUT2D eigenvalue weighted by Gasteiger charge is -2.20. The number of benzene rings is 2. The molecule has 0 spiro atoms. The number of rotatable bonds is 8. The Morgan fingerprint density at radius 1 is 1.07 bits per heavy atom. The van der Waals surface area contributed by atoms with Crippen LogP contribution in [0.3, 0.4) is 0 Å². The standard InChI is InChI=1S/C22H27NO5/c1-26-18-7-4-15(5-8-18)12-16-10-11-23(13-16)14-17-6-9-19(27-2)21(28-3)20(17)22(24)25/h4-9,16H,10-14H2,1-3H3,(H,24,25). The van der Waals surface area contributed by atoms with Crippen molar-refractivity contribution in [3.63, 3.8) is 0 Å². The van der Waals surface area contributed by atoms with E-state index in [4.69, 9.17) is 14.2 Å². The van der Waals surface area contributed by atoms with Crippen molar-refractivity contribution in [2.75, 3.05) is 34.4 Å². The minimum atomic E-state index is -1.00. The number of carboxylic acid groups (broad SMARTS) is 1. The van der Waals surface area contributed by atoms with Gasteiger partial charge in [0, 0.05) is 13.1 Å². The van der Waals surface area contributed by atoms with Gasteiger partial charge in [-0.2, -0.15) is 0 Å². The molecule has 0 bridgehead atoms. The highest BCUT2D eigenvalue weighted by atomic mass is 16.5. The Kier molecular flexibility index (Phi) is 6.41. The van der Waals surface area contributed by atoms with E-state index in [-0.39, 0.29) is 11.3 Å². The van der Waals surface area contributed by atoms with E-state index >= 15 is 0 Å². The van der Waals surface area contributed by atoms with Crippen LogP contribution in [0.1, 0.15) is 27.9 Å². The monoisotopic (exact) mass is 385 g/mol. The molecule has 1 heterocycles. The van der Waals surface area contributed by atoms with Gasteiger partial charge >= 0.3 is 5.97 Å². The van der Waals surface area contributed by atoms with Gasteiger partial charge in [-0.15, -0.1) is 0 Å². The third-order valence-electron chi connectivity index (χ3n) is 5.29. The second-order valence-corrected chi connectivity index (χ2v) is 7.08. The summed E-state index contributed by atoms with van der Waals surface area (Å²) in [4.78, 5) is 14.1. The zero-order valence-electron chi connectivity index (χ0n) is 16.6. The van der Waals surface area contributed by atoms with Gasteiger partial charge in [0.1, 0.15) is 11.3 Å². The van der Waals surface area contributed by atoms with Crippen molar-refractivity contribution in [2.24, 2.45) is 5.92 Å². The summed E-state index contributed by atoms with van der Waals surface area (Å²) in [7, 11) is 4.64. The van der Waals surface area contributed by atoms with Crippen molar-refractivity contribution in [1.82, 2.24) is 4.90 Å². The zero-order chi connectivity index (χ0) is 20.1. The van der Waals surface area contributed by atoms with Crippen LogP contribution in [0.4, 0.5) is 0 Å². The van der Waals surface area contributed by atoms with E-state index in [0.717, 1.165) is 37.2 Å². The summed E-state index contributed by atoms with van der Waals surface area (Å²) < 4.78 is 15.8. The Hall–Kier alpha value is -2.73. The molecule has 2 aromatic rings. The maximum absolute atomic E-state index is 11.8. The van der Waals surface area contributed by atoms with Crippen LogP contribution in [0.15, 0.2) is 36.4 Å². The van der Waals surface area contributed by atoms with Crippen molar-refractivity contribution < 1.29 is 24.1 Å². The average Bonchev–Trinajstić information content (AvgIpc) is 3.14. The molecule has 0 radical (unpaired) electrons. The highest BCUT2D eigenvalue weighted by Gasteiger charge is 2.26. The van der Waals surface area contributed by atoms with Crippen molar-refractivity contribution >= 4 is 5.97 Å². The molecule has 2 aromatic carbocycles. The second kappa shape index (κ2) is 8.97. The fourth-order valence-corrected chi connectivity index (χ4v) is 3.89. The number of likely N-dealkylation sites (tertiary alicyclic amines) is 1. The van der Waals surface area contributed by atoms with Gasteiger partial charge in [-0.1, -0.05) is 18.2 Å². The topological polar surface area (TPSA) is 68.2 Å². The number of aromatic carboxylic acids is 1. The third kappa shape index (κ3) is 4.39. The molecule has 1 N–H and O–H groups in total. The molecule has 1 unspecified atom stereocenters.